The van der Waals surface area contributed by atoms with Crippen LogP contribution in [0.15, 0.2) is 53.3 Å². The third kappa shape index (κ3) is 3.28. The predicted molar refractivity (Wildman–Crippen MR) is 88.6 cm³/mol. The number of halogens is 3. The first-order valence-corrected chi connectivity index (χ1v) is 7.60. The van der Waals surface area contributed by atoms with E-state index in [9.17, 15) is 22.8 Å². The molecule has 0 aliphatic rings. The second-order valence-electron chi connectivity index (χ2n) is 5.56. The maximum absolute atomic E-state index is 13.0. The third-order valence-corrected chi connectivity index (χ3v) is 3.83. The maximum atomic E-state index is 13.0. The second-order valence-corrected chi connectivity index (χ2v) is 5.56. The first-order chi connectivity index (χ1) is 12.3. The molecule has 26 heavy (non-hydrogen) atoms. The highest BCUT2D eigenvalue weighted by Crippen LogP contribution is 2.34. The van der Waals surface area contributed by atoms with Crippen molar-refractivity contribution in [1.82, 2.24) is 15.0 Å². The molecule has 0 fully saturated rings. The first kappa shape index (κ1) is 17.6. The van der Waals surface area contributed by atoms with Gasteiger partial charge >= 0.3 is 6.18 Å². The molecule has 2 aromatic carbocycles. The summed E-state index contributed by atoms with van der Waals surface area (Å²) >= 11 is 0. The smallest absolute Gasteiger partial charge is 0.324 e. The van der Waals surface area contributed by atoms with E-state index in [0.717, 1.165) is 16.8 Å². The number of benzene rings is 2. The number of carbonyl (C=O) groups excluding carboxylic acids is 1. The number of para-hydroxylation sites is 1. The molecule has 1 N–H and O–H groups in total. The van der Waals surface area contributed by atoms with Gasteiger partial charge in [0.15, 0.2) is 0 Å². The number of carbonyl (C=O) groups is 1. The summed E-state index contributed by atoms with van der Waals surface area (Å²) < 4.78 is 39.9. The van der Waals surface area contributed by atoms with Crippen LogP contribution in [0.5, 0.6) is 0 Å². The molecule has 0 saturated carbocycles. The van der Waals surface area contributed by atoms with Crippen molar-refractivity contribution in [2.75, 3.05) is 5.32 Å². The van der Waals surface area contributed by atoms with Crippen LogP contribution in [0.4, 0.5) is 18.9 Å². The summed E-state index contributed by atoms with van der Waals surface area (Å²) in [5.74, 6) is -0.812. The molecule has 1 amide bonds. The van der Waals surface area contributed by atoms with E-state index in [2.05, 4.69) is 15.6 Å². The number of nitrogens with one attached hydrogen (secondary N) is 1. The van der Waals surface area contributed by atoms with Crippen LogP contribution in [0.2, 0.25) is 0 Å². The first-order valence-electron chi connectivity index (χ1n) is 7.60. The van der Waals surface area contributed by atoms with Crippen molar-refractivity contribution >= 4 is 22.5 Å². The van der Waals surface area contributed by atoms with E-state index < -0.39 is 34.9 Å². The minimum atomic E-state index is -4.62. The topological polar surface area (TPSA) is 76.9 Å². The Morgan fingerprint density at radius 1 is 1.12 bits per heavy atom. The molecule has 1 aromatic heterocycles. The molecule has 0 radical (unpaired) electrons. The van der Waals surface area contributed by atoms with Crippen LogP contribution in [0.25, 0.3) is 10.9 Å². The van der Waals surface area contributed by atoms with Gasteiger partial charge in [0.1, 0.15) is 11.6 Å². The highest BCUT2D eigenvalue weighted by Gasteiger charge is 2.34. The van der Waals surface area contributed by atoms with Crippen molar-refractivity contribution in [2.45, 2.75) is 19.1 Å². The van der Waals surface area contributed by atoms with Gasteiger partial charge in [-0.05, 0) is 31.2 Å². The largest absolute Gasteiger partial charge is 0.418 e. The van der Waals surface area contributed by atoms with E-state index in [-0.39, 0.29) is 5.39 Å². The zero-order valence-electron chi connectivity index (χ0n) is 13.5. The fraction of sp³-hybridized carbons (Fsp3) is 0.176. The number of rotatable bonds is 3. The SMILES string of the molecule is C[C@@H](C(=O)Nc1ccccc1C(F)(F)F)n1nnc2ccccc2c1=O. The Morgan fingerprint density at radius 2 is 1.77 bits per heavy atom. The summed E-state index contributed by atoms with van der Waals surface area (Å²) in [6, 6.07) is 9.90. The molecule has 0 aliphatic heterocycles. The maximum Gasteiger partial charge on any atom is 0.418 e. The standard InChI is InChI=1S/C17H13F3N4O2/c1-10(24-16(26)11-6-2-4-8-13(11)22-23-24)15(25)21-14-9-5-3-7-12(14)17(18,19)20/h2-10H,1H3,(H,21,25)/t10-/m0/s1. The Kier molecular flexibility index (Phi) is 4.45. The van der Waals surface area contributed by atoms with E-state index in [1.807, 2.05) is 0 Å². The molecule has 0 unspecified atom stereocenters. The average Bonchev–Trinajstić information content (AvgIpc) is 2.61. The van der Waals surface area contributed by atoms with Crippen LogP contribution in [-0.2, 0) is 11.0 Å². The molecule has 6 nitrogen and oxygen atoms in total. The van der Waals surface area contributed by atoms with Gasteiger partial charge in [0, 0.05) is 0 Å². The number of aromatic nitrogens is 3. The zero-order chi connectivity index (χ0) is 18.9. The van der Waals surface area contributed by atoms with Gasteiger partial charge in [-0.3, -0.25) is 9.59 Å². The molecule has 0 bridgehead atoms. The lowest BCUT2D eigenvalue weighted by atomic mass is 10.1. The predicted octanol–water partition coefficient (Wildman–Crippen LogP) is 3.01. The van der Waals surface area contributed by atoms with E-state index in [1.54, 1.807) is 18.2 Å². The highest BCUT2D eigenvalue weighted by atomic mass is 19.4. The summed E-state index contributed by atoms with van der Waals surface area (Å²) in [4.78, 5) is 24.8. The number of alkyl halides is 3. The second kappa shape index (κ2) is 6.58. The van der Waals surface area contributed by atoms with Gasteiger partial charge in [-0.1, -0.05) is 29.5 Å². The van der Waals surface area contributed by atoms with E-state index >= 15 is 0 Å². The van der Waals surface area contributed by atoms with Crippen molar-refractivity contribution in [2.24, 2.45) is 0 Å². The lowest BCUT2D eigenvalue weighted by Crippen LogP contribution is -2.34. The number of hydrogen-bond acceptors (Lipinski definition) is 4. The van der Waals surface area contributed by atoms with Crippen LogP contribution in [0, 0.1) is 0 Å². The third-order valence-electron chi connectivity index (χ3n) is 3.83. The van der Waals surface area contributed by atoms with Crippen molar-refractivity contribution in [3.05, 3.63) is 64.4 Å². The van der Waals surface area contributed by atoms with Crippen LogP contribution in [0.3, 0.4) is 0 Å². The summed E-state index contributed by atoms with van der Waals surface area (Å²) in [5, 5.41) is 10.0. The normalized spacial score (nSPS) is 12.8. The van der Waals surface area contributed by atoms with Gasteiger partial charge < -0.3 is 5.32 Å². The number of fused-ring (bicyclic) bond motifs is 1. The van der Waals surface area contributed by atoms with Gasteiger partial charge in [-0.25, -0.2) is 0 Å². The Hall–Kier alpha value is -3.23. The van der Waals surface area contributed by atoms with Crippen LogP contribution >= 0.6 is 0 Å². The lowest BCUT2D eigenvalue weighted by Gasteiger charge is -2.17. The Labute approximate surface area is 145 Å². The minimum Gasteiger partial charge on any atom is -0.324 e. The molecular formula is C17H13F3N4O2. The highest BCUT2D eigenvalue weighted by molar-refractivity contribution is 5.94. The number of hydrogen-bond donors (Lipinski definition) is 1. The molecule has 1 heterocycles. The van der Waals surface area contributed by atoms with E-state index in [0.29, 0.717) is 5.52 Å². The minimum absolute atomic E-state index is 0.262. The average molecular weight is 362 g/mol. The molecule has 3 aromatic rings. The van der Waals surface area contributed by atoms with E-state index in [4.69, 9.17) is 0 Å². The molecular weight excluding hydrogens is 349 g/mol. The lowest BCUT2D eigenvalue weighted by molar-refractivity contribution is -0.137. The van der Waals surface area contributed by atoms with Crippen LogP contribution in [-0.4, -0.2) is 20.9 Å². The molecule has 9 heteroatoms. The fourth-order valence-electron chi connectivity index (χ4n) is 2.44. The van der Waals surface area contributed by atoms with Crippen molar-refractivity contribution in [3.8, 4) is 0 Å². The zero-order valence-corrected chi connectivity index (χ0v) is 13.5. The molecule has 0 spiro atoms. The number of nitrogens with zero attached hydrogens (tertiary/aromatic N) is 3. The molecule has 1 atom stereocenters. The van der Waals surface area contributed by atoms with Crippen LogP contribution < -0.4 is 10.9 Å². The Balaban J connectivity index is 1.93. The molecule has 134 valence electrons. The Bertz CT molecular complexity index is 1030. The quantitative estimate of drug-likeness (QED) is 0.777. The summed E-state index contributed by atoms with van der Waals surface area (Å²) in [7, 11) is 0. The summed E-state index contributed by atoms with van der Waals surface area (Å²) in [5.41, 5.74) is -1.55. The monoisotopic (exact) mass is 362 g/mol. The van der Waals surface area contributed by atoms with E-state index in [1.165, 1.54) is 25.1 Å². The van der Waals surface area contributed by atoms with Crippen LogP contribution in [0.1, 0.15) is 18.5 Å². The van der Waals surface area contributed by atoms with Gasteiger partial charge in [0.25, 0.3) is 5.56 Å². The van der Waals surface area contributed by atoms with Crippen molar-refractivity contribution < 1.29 is 18.0 Å². The molecule has 3 rings (SSSR count). The fourth-order valence-corrected chi connectivity index (χ4v) is 2.44. The summed E-state index contributed by atoms with van der Waals surface area (Å²) in [6.45, 7) is 1.36. The van der Waals surface area contributed by atoms with Crippen molar-refractivity contribution in [3.63, 3.8) is 0 Å². The summed E-state index contributed by atoms with van der Waals surface area (Å²) in [6.07, 6.45) is -4.62. The van der Waals surface area contributed by atoms with Gasteiger partial charge in [-0.2, -0.15) is 17.9 Å². The molecule has 0 aliphatic carbocycles. The van der Waals surface area contributed by atoms with Crippen molar-refractivity contribution in [1.29, 1.82) is 0 Å². The van der Waals surface area contributed by atoms with Gasteiger partial charge in [0.05, 0.1) is 16.6 Å². The number of anilines is 1. The Morgan fingerprint density at radius 3 is 2.50 bits per heavy atom. The van der Waals surface area contributed by atoms with Gasteiger partial charge in [0.2, 0.25) is 5.91 Å². The number of amides is 1. The molecule has 0 saturated heterocycles. The van der Waals surface area contributed by atoms with Gasteiger partial charge in [-0.15, -0.1) is 5.10 Å².